The van der Waals surface area contributed by atoms with Gasteiger partial charge in [-0.3, -0.25) is 9.36 Å². The minimum atomic E-state index is -3.96. The zero-order chi connectivity index (χ0) is 25.0. The second-order valence-corrected chi connectivity index (χ2v) is 8.92. The Bertz CT molecular complexity index is 1450. The monoisotopic (exact) mass is 483 g/mol. The van der Waals surface area contributed by atoms with Crippen LogP contribution in [0.3, 0.4) is 0 Å². The van der Waals surface area contributed by atoms with Crippen LogP contribution in [0.25, 0.3) is 0 Å². The van der Waals surface area contributed by atoms with Crippen LogP contribution in [0.1, 0.15) is 22.5 Å². The molecule has 2 aromatic heterocycles. The van der Waals surface area contributed by atoms with Gasteiger partial charge in [0, 0.05) is 17.0 Å². The fourth-order valence-corrected chi connectivity index (χ4v) is 4.06. The average Bonchev–Trinajstić information content (AvgIpc) is 2.76. The van der Waals surface area contributed by atoms with Gasteiger partial charge in [0.25, 0.3) is 15.6 Å². The Balaban J connectivity index is 1.90. The van der Waals surface area contributed by atoms with E-state index in [1.54, 1.807) is 26.0 Å². The largest absolute Gasteiger partial charge is 0.493 e. The Morgan fingerprint density at radius 3 is 2.29 bits per heavy atom. The van der Waals surface area contributed by atoms with Crippen molar-refractivity contribution < 1.29 is 18.6 Å². The first kappa shape index (κ1) is 24.5. The van der Waals surface area contributed by atoms with Crippen LogP contribution in [0.5, 0.6) is 5.88 Å². The second-order valence-electron chi connectivity index (χ2n) is 7.24. The third kappa shape index (κ3) is 5.08. The number of pyridine rings is 1. The van der Waals surface area contributed by atoms with Crippen molar-refractivity contribution in [2.24, 2.45) is 10.2 Å². The highest BCUT2D eigenvalue weighted by atomic mass is 32.2. The average molecular weight is 484 g/mol. The lowest BCUT2D eigenvalue weighted by molar-refractivity contribution is 0.263. The highest BCUT2D eigenvalue weighted by Gasteiger charge is 2.19. The fraction of sp³-hybridized carbons (Fsp3) is 0.238. The van der Waals surface area contributed by atoms with E-state index in [4.69, 9.17) is 5.11 Å². The number of sulfonamides is 1. The molecule has 0 aliphatic rings. The number of nitrogens with zero attached hydrogens (tertiary/aromatic N) is 6. The SMILES string of the molecule is Cc1cc(C)nc(NS(=O)(=O)c2ccc(N=Nc3c(C)c(C#N)c(O)n(CCO)c3=O)cc2)n1. The molecule has 0 spiro atoms. The lowest BCUT2D eigenvalue weighted by Crippen LogP contribution is -2.23. The maximum atomic E-state index is 12.6. The molecule has 0 amide bonds. The molecule has 0 aliphatic heterocycles. The molecule has 0 radical (unpaired) electrons. The van der Waals surface area contributed by atoms with Crippen LogP contribution in [0, 0.1) is 32.1 Å². The lowest BCUT2D eigenvalue weighted by Gasteiger charge is -2.11. The first-order valence-corrected chi connectivity index (χ1v) is 11.4. The molecule has 0 aliphatic carbocycles. The van der Waals surface area contributed by atoms with E-state index < -0.39 is 28.1 Å². The molecule has 0 atom stereocenters. The van der Waals surface area contributed by atoms with Crippen molar-refractivity contribution in [1.82, 2.24) is 14.5 Å². The molecule has 2 heterocycles. The number of aromatic hydroxyl groups is 1. The van der Waals surface area contributed by atoms with Gasteiger partial charge in [0.05, 0.1) is 23.7 Å². The highest BCUT2D eigenvalue weighted by Crippen LogP contribution is 2.27. The van der Waals surface area contributed by atoms with Crippen LogP contribution in [-0.4, -0.2) is 39.8 Å². The van der Waals surface area contributed by atoms with Gasteiger partial charge in [-0.05, 0) is 51.1 Å². The van der Waals surface area contributed by atoms with Gasteiger partial charge in [0.1, 0.15) is 11.6 Å². The van der Waals surface area contributed by atoms with Crippen LogP contribution < -0.4 is 10.3 Å². The van der Waals surface area contributed by atoms with Crippen molar-refractivity contribution in [2.75, 3.05) is 11.3 Å². The summed E-state index contributed by atoms with van der Waals surface area (Å²) in [4.78, 5) is 20.7. The minimum Gasteiger partial charge on any atom is -0.493 e. The topological polar surface area (TPSA) is 183 Å². The summed E-state index contributed by atoms with van der Waals surface area (Å²) in [6, 6.07) is 8.88. The van der Waals surface area contributed by atoms with E-state index in [2.05, 4.69) is 24.9 Å². The van der Waals surface area contributed by atoms with E-state index in [1.165, 1.54) is 31.2 Å². The van der Waals surface area contributed by atoms with Gasteiger partial charge in [-0.25, -0.2) is 23.1 Å². The van der Waals surface area contributed by atoms with Gasteiger partial charge in [-0.1, -0.05) is 0 Å². The molecule has 12 nitrogen and oxygen atoms in total. The predicted molar refractivity (Wildman–Crippen MR) is 122 cm³/mol. The van der Waals surface area contributed by atoms with E-state index >= 15 is 0 Å². The summed E-state index contributed by atoms with van der Waals surface area (Å²) in [6.07, 6.45) is 0. The summed E-state index contributed by atoms with van der Waals surface area (Å²) in [7, 11) is -3.96. The van der Waals surface area contributed by atoms with E-state index in [1.807, 2.05) is 0 Å². The molecule has 13 heteroatoms. The molecule has 0 bridgehead atoms. The maximum Gasteiger partial charge on any atom is 0.281 e. The molecule has 0 fully saturated rings. The van der Waals surface area contributed by atoms with E-state index in [0.717, 1.165) is 4.57 Å². The van der Waals surface area contributed by atoms with Crippen molar-refractivity contribution in [3.8, 4) is 11.9 Å². The lowest BCUT2D eigenvalue weighted by atomic mass is 10.1. The summed E-state index contributed by atoms with van der Waals surface area (Å²) in [5.74, 6) is -0.607. The molecule has 3 aromatic rings. The van der Waals surface area contributed by atoms with E-state index in [0.29, 0.717) is 11.4 Å². The zero-order valence-corrected chi connectivity index (χ0v) is 19.3. The summed E-state index contributed by atoms with van der Waals surface area (Å²) >= 11 is 0. The van der Waals surface area contributed by atoms with Crippen LogP contribution in [0.15, 0.2) is 50.3 Å². The normalized spacial score (nSPS) is 11.5. The Hall–Kier alpha value is -4.15. The number of aliphatic hydroxyl groups is 1. The Kier molecular flexibility index (Phi) is 7.04. The Morgan fingerprint density at radius 1 is 1.12 bits per heavy atom. The molecule has 1 aromatic carbocycles. The van der Waals surface area contributed by atoms with Crippen molar-refractivity contribution in [1.29, 1.82) is 5.26 Å². The molecule has 0 saturated carbocycles. The number of rotatable bonds is 7. The zero-order valence-electron chi connectivity index (χ0n) is 18.5. The van der Waals surface area contributed by atoms with Gasteiger partial charge < -0.3 is 10.2 Å². The van der Waals surface area contributed by atoms with Crippen LogP contribution in [0.4, 0.5) is 17.3 Å². The number of hydrogen-bond acceptors (Lipinski definition) is 10. The molecule has 0 saturated heterocycles. The third-order valence-corrected chi connectivity index (χ3v) is 6.06. The quantitative estimate of drug-likeness (QED) is 0.428. The number of aromatic nitrogens is 3. The molecule has 3 N–H and O–H groups in total. The smallest absolute Gasteiger partial charge is 0.281 e. The second kappa shape index (κ2) is 9.77. The van der Waals surface area contributed by atoms with E-state index in [9.17, 15) is 23.6 Å². The molecule has 0 unspecified atom stereocenters. The number of nitrogens with one attached hydrogen (secondary N) is 1. The van der Waals surface area contributed by atoms with Crippen molar-refractivity contribution in [3.63, 3.8) is 0 Å². The number of anilines is 1. The Labute approximate surface area is 195 Å². The number of nitriles is 1. The summed E-state index contributed by atoms with van der Waals surface area (Å²) in [5, 5.41) is 36.4. The molecular weight excluding hydrogens is 462 g/mol. The summed E-state index contributed by atoms with van der Waals surface area (Å²) < 4.78 is 28.4. The maximum absolute atomic E-state index is 12.6. The van der Waals surface area contributed by atoms with Gasteiger partial charge in [0.2, 0.25) is 11.8 Å². The first-order valence-electron chi connectivity index (χ1n) is 9.91. The minimum absolute atomic E-state index is 0.0449. The molecular formula is C21H21N7O5S. The highest BCUT2D eigenvalue weighted by molar-refractivity contribution is 7.92. The number of benzene rings is 1. The Morgan fingerprint density at radius 2 is 1.74 bits per heavy atom. The van der Waals surface area contributed by atoms with Crippen LogP contribution in [-0.2, 0) is 16.6 Å². The predicted octanol–water partition coefficient (Wildman–Crippen LogP) is 2.35. The fourth-order valence-electron chi connectivity index (χ4n) is 3.11. The summed E-state index contributed by atoms with van der Waals surface area (Å²) in [5.41, 5.74) is 0.506. The van der Waals surface area contributed by atoms with Crippen molar-refractivity contribution in [3.05, 3.63) is 63.2 Å². The van der Waals surface area contributed by atoms with Crippen LogP contribution >= 0.6 is 0 Å². The standard InChI is InChI=1S/C21H21N7O5S/c1-12-10-13(2)24-21(23-12)27-34(32,33)16-6-4-15(5-7-16)25-26-18-14(3)17(11-22)19(30)28(8-9-29)20(18)31/h4-7,10,29-30H,8-9H2,1-3H3,(H,23,24,27). The van der Waals surface area contributed by atoms with Crippen LogP contribution in [0.2, 0.25) is 0 Å². The van der Waals surface area contributed by atoms with Crippen molar-refractivity contribution in [2.45, 2.75) is 32.2 Å². The molecule has 34 heavy (non-hydrogen) atoms. The third-order valence-electron chi connectivity index (χ3n) is 4.71. The van der Waals surface area contributed by atoms with Gasteiger partial charge >= 0.3 is 0 Å². The number of aliphatic hydroxyl groups excluding tert-OH is 1. The van der Waals surface area contributed by atoms with Gasteiger partial charge in [0.15, 0.2) is 5.69 Å². The van der Waals surface area contributed by atoms with Crippen molar-refractivity contribution >= 4 is 27.3 Å². The number of azo groups is 1. The first-order chi connectivity index (χ1) is 16.1. The summed E-state index contributed by atoms with van der Waals surface area (Å²) in [6.45, 7) is 4.22. The molecule has 3 rings (SSSR count). The number of hydrogen-bond donors (Lipinski definition) is 3. The van der Waals surface area contributed by atoms with Gasteiger partial charge in [-0.2, -0.15) is 10.4 Å². The number of aryl methyl sites for hydroxylation is 2. The van der Waals surface area contributed by atoms with Gasteiger partial charge in [-0.15, -0.1) is 5.11 Å². The molecule has 176 valence electrons. The van der Waals surface area contributed by atoms with E-state index in [-0.39, 0.29) is 39.9 Å².